The van der Waals surface area contributed by atoms with Crippen LogP contribution in [0.2, 0.25) is 0 Å². The second-order valence-corrected chi connectivity index (χ2v) is 7.84. The molecule has 2 aliphatic heterocycles. The lowest BCUT2D eigenvalue weighted by Crippen LogP contribution is -2.48. The summed E-state index contributed by atoms with van der Waals surface area (Å²) in [7, 11) is 1.60. The molecule has 0 aromatic heterocycles. The highest BCUT2D eigenvalue weighted by molar-refractivity contribution is 5.92. The van der Waals surface area contributed by atoms with Gasteiger partial charge < -0.3 is 24.6 Å². The Labute approximate surface area is 182 Å². The van der Waals surface area contributed by atoms with E-state index in [4.69, 9.17) is 9.47 Å². The minimum absolute atomic E-state index is 0.0502. The number of ether oxygens (including phenoxy) is 2. The Kier molecular flexibility index (Phi) is 6.84. The van der Waals surface area contributed by atoms with Crippen molar-refractivity contribution in [2.24, 2.45) is 0 Å². The second kappa shape index (κ2) is 9.94. The zero-order chi connectivity index (χ0) is 21.6. The average Bonchev–Trinajstić information content (AvgIpc) is 2.82. The topological polar surface area (TPSA) is 71.1 Å². The summed E-state index contributed by atoms with van der Waals surface area (Å²) in [6, 6.07) is 15.3. The number of fused-ring (bicyclic) bond motifs is 1. The Balaban J connectivity index is 1.45. The number of rotatable bonds is 7. The van der Waals surface area contributed by atoms with Crippen molar-refractivity contribution in [1.82, 2.24) is 10.2 Å². The molecular weight excluding hydrogens is 394 g/mol. The van der Waals surface area contributed by atoms with Gasteiger partial charge in [-0.15, -0.1) is 0 Å². The van der Waals surface area contributed by atoms with Crippen LogP contribution >= 0.6 is 0 Å². The van der Waals surface area contributed by atoms with Crippen LogP contribution in [0.4, 0.5) is 5.69 Å². The van der Waals surface area contributed by atoms with E-state index in [1.54, 1.807) is 12.0 Å². The lowest BCUT2D eigenvalue weighted by molar-refractivity contribution is -0.142. The van der Waals surface area contributed by atoms with Gasteiger partial charge in [0.15, 0.2) is 0 Å². The number of anilines is 1. The van der Waals surface area contributed by atoms with Crippen molar-refractivity contribution < 1.29 is 19.1 Å². The molecule has 2 aromatic rings. The zero-order valence-corrected chi connectivity index (χ0v) is 17.9. The molecule has 0 radical (unpaired) electrons. The van der Waals surface area contributed by atoms with Crippen molar-refractivity contribution in [3.63, 3.8) is 0 Å². The Bertz CT molecular complexity index is 909. The minimum atomic E-state index is -0.639. The van der Waals surface area contributed by atoms with Gasteiger partial charge in [0.1, 0.15) is 6.04 Å². The number of carbonyl (C=O) groups is 2. The number of hydrogen-bond acceptors (Lipinski definition) is 5. The number of amides is 2. The van der Waals surface area contributed by atoms with E-state index in [9.17, 15) is 9.59 Å². The highest BCUT2D eigenvalue weighted by atomic mass is 16.5. The fourth-order valence-corrected chi connectivity index (χ4v) is 4.20. The number of benzene rings is 2. The van der Waals surface area contributed by atoms with E-state index >= 15 is 0 Å². The van der Waals surface area contributed by atoms with Crippen LogP contribution in [0.1, 0.15) is 22.7 Å². The first-order chi connectivity index (χ1) is 15.2. The van der Waals surface area contributed by atoms with Crippen LogP contribution in [0.15, 0.2) is 48.5 Å². The van der Waals surface area contributed by atoms with Crippen LogP contribution < -0.4 is 10.2 Å². The molecule has 31 heavy (non-hydrogen) atoms. The Morgan fingerprint density at radius 1 is 1.13 bits per heavy atom. The van der Waals surface area contributed by atoms with Crippen LogP contribution in [-0.2, 0) is 32.0 Å². The zero-order valence-electron chi connectivity index (χ0n) is 17.9. The third kappa shape index (κ3) is 4.89. The predicted octanol–water partition coefficient (Wildman–Crippen LogP) is 1.91. The van der Waals surface area contributed by atoms with Gasteiger partial charge in [-0.05, 0) is 28.8 Å². The van der Waals surface area contributed by atoms with E-state index in [1.807, 2.05) is 36.4 Å². The predicted molar refractivity (Wildman–Crippen MR) is 118 cm³/mol. The molecule has 7 nitrogen and oxygen atoms in total. The lowest BCUT2D eigenvalue weighted by Gasteiger charge is -2.36. The lowest BCUT2D eigenvalue weighted by atomic mass is 9.91. The van der Waals surface area contributed by atoms with E-state index in [0.29, 0.717) is 26.1 Å². The maximum absolute atomic E-state index is 13.2. The van der Waals surface area contributed by atoms with E-state index in [-0.39, 0.29) is 11.8 Å². The van der Waals surface area contributed by atoms with Gasteiger partial charge in [0.2, 0.25) is 11.8 Å². The molecule has 1 atom stereocenters. The summed E-state index contributed by atoms with van der Waals surface area (Å²) in [5.74, 6) is -0.223. The summed E-state index contributed by atoms with van der Waals surface area (Å²) < 4.78 is 10.6. The molecule has 1 N–H and O–H groups in total. The molecule has 2 amide bonds. The van der Waals surface area contributed by atoms with Gasteiger partial charge in [0.25, 0.3) is 0 Å². The molecule has 7 heteroatoms. The van der Waals surface area contributed by atoms with E-state index in [0.717, 1.165) is 48.7 Å². The first-order valence-electron chi connectivity index (χ1n) is 10.7. The molecular formula is C24H29N3O4. The van der Waals surface area contributed by atoms with Crippen LogP contribution in [0.3, 0.4) is 0 Å². The van der Waals surface area contributed by atoms with Gasteiger partial charge in [-0.1, -0.05) is 36.4 Å². The van der Waals surface area contributed by atoms with E-state index < -0.39 is 6.04 Å². The molecule has 0 spiro atoms. The summed E-state index contributed by atoms with van der Waals surface area (Å²) in [4.78, 5) is 29.8. The highest BCUT2D eigenvalue weighted by Crippen LogP contribution is 2.30. The largest absolute Gasteiger partial charge is 0.383 e. The first-order valence-corrected chi connectivity index (χ1v) is 10.7. The SMILES string of the molecule is COCCN1C(=O)Cc2ccccc2[C@H]1C(=O)NCc1ccc(N2CCOCC2)cc1. The third-order valence-electron chi connectivity index (χ3n) is 5.89. The number of carbonyl (C=O) groups excluding carboxylic acids is 2. The summed E-state index contributed by atoms with van der Waals surface area (Å²) in [5.41, 5.74) is 3.98. The van der Waals surface area contributed by atoms with Crippen molar-refractivity contribution in [3.05, 3.63) is 65.2 Å². The van der Waals surface area contributed by atoms with Gasteiger partial charge in [0.05, 0.1) is 26.2 Å². The Morgan fingerprint density at radius 3 is 2.61 bits per heavy atom. The normalized spacial score (nSPS) is 18.6. The van der Waals surface area contributed by atoms with Crippen molar-refractivity contribution in [1.29, 1.82) is 0 Å². The minimum Gasteiger partial charge on any atom is -0.383 e. The molecule has 2 aliphatic rings. The standard InChI is InChI=1S/C24H29N3O4/c1-30-13-12-27-22(28)16-19-4-2-3-5-21(19)23(27)24(29)25-17-18-6-8-20(9-7-18)26-10-14-31-15-11-26/h2-9,23H,10-17H2,1H3,(H,25,29)/t23-/m0/s1. The van der Waals surface area contributed by atoms with Crippen molar-refractivity contribution in [2.75, 3.05) is 51.5 Å². The molecule has 4 rings (SSSR count). The highest BCUT2D eigenvalue weighted by Gasteiger charge is 2.36. The van der Waals surface area contributed by atoms with E-state index in [1.165, 1.54) is 0 Å². The molecule has 1 fully saturated rings. The quantitative estimate of drug-likeness (QED) is 0.737. The maximum Gasteiger partial charge on any atom is 0.247 e. The molecule has 0 saturated carbocycles. The molecule has 2 heterocycles. The average molecular weight is 424 g/mol. The monoisotopic (exact) mass is 423 g/mol. The van der Waals surface area contributed by atoms with Gasteiger partial charge in [0, 0.05) is 39.0 Å². The maximum atomic E-state index is 13.2. The van der Waals surface area contributed by atoms with Crippen molar-refractivity contribution in [2.45, 2.75) is 19.0 Å². The molecule has 1 saturated heterocycles. The van der Waals surface area contributed by atoms with Gasteiger partial charge >= 0.3 is 0 Å². The van der Waals surface area contributed by atoms with Crippen LogP contribution in [0.5, 0.6) is 0 Å². The fraction of sp³-hybridized carbons (Fsp3) is 0.417. The fourth-order valence-electron chi connectivity index (χ4n) is 4.20. The van der Waals surface area contributed by atoms with Crippen molar-refractivity contribution in [3.8, 4) is 0 Å². The smallest absolute Gasteiger partial charge is 0.247 e. The number of hydrogen-bond donors (Lipinski definition) is 1. The van der Waals surface area contributed by atoms with Gasteiger partial charge in [-0.2, -0.15) is 0 Å². The Hall–Kier alpha value is -2.90. The van der Waals surface area contributed by atoms with Crippen molar-refractivity contribution >= 4 is 17.5 Å². The van der Waals surface area contributed by atoms with Crippen LogP contribution in [0, 0.1) is 0 Å². The molecule has 164 valence electrons. The summed E-state index contributed by atoms with van der Waals surface area (Å²) in [5, 5.41) is 3.03. The van der Waals surface area contributed by atoms with E-state index in [2.05, 4.69) is 22.3 Å². The summed E-state index contributed by atoms with van der Waals surface area (Å²) in [6.45, 7) is 4.47. The number of nitrogens with one attached hydrogen (secondary N) is 1. The number of morpholine rings is 1. The Morgan fingerprint density at radius 2 is 1.87 bits per heavy atom. The third-order valence-corrected chi connectivity index (χ3v) is 5.89. The number of nitrogens with zero attached hydrogens (tertiary/aromatic N) is 2. The number of methoxy groups -OCH3 is 1. The molecule has 0 bridgehead atoms. The van der Waals surface area contributed by atoms with Gasteiger partial charge in [-0.3, -0.25) is 9.59 Å². The summed E-state index contributed by atoms with van der Waals surface area (Å²) in [6.07, 6.45) is 0.312. The second-order valence-electron chi connectivity index (χ2n) is 7.84. The van der Waals surface area contributed by atoms with Crippen LogP contribution in [-0.4, -0.2) is 63.3 Å². The first kappa shape index (κ1) is 21.3. The molecule has 0 aliphatic carbocycles. The van der Waals surface area contributed by atoms with Gasteiger partial charge in [-0.25, -0.2) is 0 Å². The molecule has 2 aromatic carbocycles. The summed E-state index contributed by atoms with van der Waals surface area (Å²) >= 11 is 0. The molecule has 0 unspecified atom stereocenters. The van der Waals surface area contributed by atoms with Crippen LogP contribution in [0.25, 0.3) is 0 Å².